The SMILES string of the molecule is CC(C)(C)[Si](C)(C)OCc1ccc(/C(=C/CCCC(=O)O)c2cccnc2)cc1. The van der Waals surface area contributed by atoms with Crippen LogP contribution in [0.1, 0.15) is 56.7 Å². The third-order valence-corrected chi connectivity index (χ3v) is 10.1. The van der Waals surface area contributed by atoms with Crippen LogP contribution in [0, 0.1) is 0 Å². The molecule has 4 nitrogen and oxygen atoms in total. The summed E-state index contributed by atoms with van der Waals surface area (Å²) < 4.78 is 6.33. The summed E-state index contributed by atoms with van der Waals surface area (Å²) in [7, 11) is -1.77. The Morgan fingerprint density at radius 2 is 1.83 bits per heavy atom. The van der Waals surface area contributed by atoms with Crippen LogP contribution in [-0.4, -0.2) is 24.4 Å². The number of carboxylic acid groups (broad SMARTS) is 1. The minimum atomic E-state index is -1.77. The second-order valence-electron chi connectivity index (χ2n) is 8.89. The van der Waals surface area contributed by atoms with Gasteiger partial charge in [-0.25, -0.2) is 0 Å². The monoisotopic (exact) mass is 411 g/mol. The van der Waals surface area contributed by atoms with E-state index in [-0.39, 0.29) is 11.5 Å². The molecule has 2 rings (SSSR count). The summed E-state index contributed by atoms with van der Waals surface area (Å²) in [6, 6.07) is 12.4. The Balaban J connectivity index is 2.15. The third kappa shape index (κ3) is 6.94. The van der Waals surface area contributed by atoms with E-state index in [0.29, 0.717) is 19.4 Å². The summed E-state index contributed by atoms with van der Waals surface area (Å²) in [6.45, 7) is 11.9. The molecule has 0 spiro atoms. The number of allylic oxidation sites excluding steroid dienone is 1. The van der Waals surface area contributed by atoms with Gasteiger partial charge in [0, 0.05) is 24.4 Å². The van der Waals surface area contributed by atoms with Crippen molar-refractivity contribution in [3.63, 3.8) is 0 Å². The first-order valence-electron chi connectivity index (χ1n) is 10.2. The smallest absolute Gasteiger partial charge is 0.303 e. The highest BCUT2D eigenvalue weighted by molar-refractivity contribution is 6.74. The molecule has 5 heteroatoms. The fourth-order valence-corrected chi connectivity index (χ4v) is 3.65. The minimum absolute atomic E-state index is 0.181. The van der Waals surface area contributed by atoms with E-state index in [0.717, 1.165) is 22.3 Å². The minimum Gasteiger partial charge on any atom is -0.481 e. The maximum Gasteiger partial charge on any atom is 0.303 e. The van der Waals surface area contributed by atoms with Crippen molar-refractivity contribution in [3.8, 4) is 0 Å². The van der Waals surface area contributed by atoms with Crippen LogP contribution in [0.2, 0.25) is 18.1 Å². The Bertz CT molecular complexity index is 821. The number of hydrogen-bond acceptors (Lipinski definition) is 3. The van der Waals surface area contributed by atoms with Crippen LogP contribution in [0.15, 0.2) is 54.9 Å². The van der Waals surface area contributed by atoms with Crippen LogP contribution in [0.4, 0.5) is 0 Å². The van der Waals surface area contributed by atoms with Crippen molar-refractivity contribution in [2.45, 2.75) is 64.8 Å². The Labute approximate surface area is 175 Å². The normalized spacial score (nSPS) is 12.8. The number of rotatable bonds is 9. The Kier molecular flexibility index (Phi) is 7.93. The van der Waals surface area contributed by atoms with Gasteiger partial charge in [0.05, 0.1) is 6.61 Å². The molecule has 0 saturated heterocycles. The zero-order valence-electron chi connectivity index (χ0n) is 18.2. The summed E-state index contributed by atoms with van der Waals surface area (Å²) in [5, 5.41) is 9.06. The van der Waals surface area contributed by atoms with Gasteiger partial charge in [-0.3, -0.25) is 9.78 Å². The molecule has 1 N–H and O–H groups in total. The largest absolute Gasteiger partial charge is 0.481 e. The molecule has 1 aromatic heterocycles. The second-order valence-corrected chi connectivity index (χ2v) is 13.7. The van der Waals surface area contributed by atoms with Gasteiger partial charge in [-0.1, -0.05) is 57.2 Å². The first-order chi connectivity index (χ1) is 13.6. The van der Waals surface area contributed by atoms with E-state index in [1.807, 2.05) is 18.3 Å². The van der Waals surface area contributed by atoms with E-state index in [9.17, 15) is 4.79 Å². The second kappa shape index (κ2) is 9.99. The number of hydrogen-bond donors (Lipinski definition) is 1. The number of carbonyl (C=O) groups is 1. The molecule has 0 unspecified atom stereocenters. The first-order valence-corrected chi connectivity index (χ1v) is 13.1. The molecule has 2 aromatic rings. The van der Waals surface area contributed by atoms with Crippen LogP contribution in [0.5, 0.6) is 0 Å². The highest BCUT2D eigenvalue weighted by atomic mass is 28.4. The molecular formula is C24H33NO3Si. The number of unbranched alkanes of at least 4 members (excludes halogenated alkanes) is 1. The molecule has 156 valence electrons. The maximum atomic E-state index is 10.8. The van der Waals surface area contributed by atoms with E-state index >= 15 is 0 Å². The standard InChI is InChI=1S/C24H33NO3Si/c1-24(2,3)29(4,5)28-18-19-12-14-20(15-13-19)22(10-6-7-11-23(26)27)21-9-8-16-25-17-21/h8-10,12-17H,6-7,11,18H2,1-5H3,(H,26,27)/b22-10-. The van der Waals surface area contributed by atoms with E-state index in [1.165, 1.54) is 0 Å². The van der Waals surface area contributed by atoms with Crippen molar-refractivity contribution in [1.29, 1.82) is 0 Å². The lowest BCUT2D eigenvalue weighted by Gasteiger charge is -2.36. The lowest BCUT2D eigenvalue weighted by atomic mass is 9.96. The summed E-state index contributed by atoms with van der Waals surface area (Å²) in [6.07, 6.45) is 7.23. The molecule has 0 saturated carbocycles. The van der Waals surface area contributed by atoms with Crippen LogP contribution in [-0.2, 0) is 15.8 Å². The van der Waals surface area contributed by atoms with Gasteiger partial charge in [-0.15, -0.1) is 0 Å². The Hall–Kier alpha value is -2.24. The van der Waals surface area contributed by atoms with Crippen molar-refractivity contribution in [1.82, 2.24) is 4.98 Å². The van der Waals surface area contributed by atoms with Crippen LogP contribution in [0.3, 0.4) is 0 Å². The number of carboxylic acids is 1. The molecule has 0 fully saturated rings. The van der Waals surface area contributed by atoms with Gasteiger partial charge in [-0.05, 0) is 53.7 Å². The van der Waals surface area contributed by atoms with E-state index in [4.69, 9.17) is 9.53 Å². The summed E-state index contributed by atoms with van der Waals surface area (Å²) in [5.41, 5.74) is 4.38. The van der Waals surface area contributed by atoms with Gasteiger partial charge < -0.3 is 9.53 Å². The molecule has 0 aliphatic rings. The molecular weight excluding hydrogens is 378 g/mol. The third-order valence-electron chi connectivity index (χ3n) is 5.59. The van der Waals surface area contributed by atoms with Crippen molar-refractivity contribution in [3.05, 3.63) is 71.6 Å². The lowest BCUT2D eigenvalue weighted by molar-refractivity contribution is -0.137. The molecule has 29 heavy (non-hydrogen) atoms. The topological polar surface area (TPSA) is 59.4 Å². The highest BCUT2D eigenvalue weighted by Gasteiger charge is 2.36. The zero-order valence-corrected chi connectivity index (χ0v) is 19.2. The fourth-order valence-electron chi connectivity index (χ4n) is 2.68. The summed E-state index contributed by atoms with van der Waals surface area (Å²) in [4.78, 5) is 15.0. The van der Waals surface area contributed by atoms with Gasteiger partial charge in [0.25, 0.3) is 0 Å². The van der Waals surface area contributed by atoms with Gasteiger partial charge in [-0.2, -0.15) is 0 Å². The molecule has 0 radical (unpaired) electrons. The summed E-state index contributed by atoms with van der Waals surface area (Å²) in [5.74, 6) is -0.757. The quantitative estimate of drug-likeness (QED) is 0.389. The highest BCUT2D eigenvalue weighted by Crippen LogP contribution is 2.37. The predicted octanol–water partition coefficient (Wildman–Crippen LogP) is 6.29. The number of pyridine rings is 1. The lowest BCUT2D eigenvalue weighted by Crippen LogP contribution is -2.40. The van der Waals surface area contributed by atoms with Crippen LogP contribution in [0.25, 0.3) is 5.57 Å². The van der Waals surface area contributed by atoms with Crippen LogP contribution < -0.4 is 0 Å². The summed E-state index contributed by atoms with van der Waals surface area (Å²) >= 11 is 0. The maximum absolute atomic E-state index is 10.8. The predicted molar refractivity (Wildman–Crippen MR) is 121 cm³/mol. The fraction of sp³-hybridized carbons (Fsp3) is 0.417. The molecule has 0 atom stereocenters. The molecule has 1 aromatic carbocycles. The van der Waals surface area contributed by atoms with E-state index in [1.54, 1.807) is 6.20 Å². The van der Waals surface area contributed by atoms with Crippen molar-refractivity contribution < 1.29 is 14.3 Å². The number of nitrogens with zero attached hydrogens (tertiary/aromatic N) is 1. The molecule has 0 aliphatic heterocycles. The Morgan fingerprint density at radius 3 is 2.38 bits per heavy atom. The number of benzene rings is 1. The van der Waals surface area contributed by atoms with Crippen molar-refractivity contribution in [2.75, 3.05) is 0 Å². The van der Waals surface area contributed by atoms with Gasteiger partial charge in [0.15, 0.2) is 8.32 Å². The van der Waals surface area contributed by atoms with Gasteiger partial charge >= 0.3 is 5.97 Å². The average Bonchev–Trinajstić information content (AvgIpc) is 2.67. The number of aliphatic carboxylic acids is 1. The van der Waals surface area contributed by atoms with Crippen LogP contribution >= 0.6 is 0 Å². The zero-order chi connectivity index (χ0) is 21.5. The molecule has 1 heterocycles. The van der Waals surface area contributed by atoms with E-state index in [2.05, 4.69) is 69.2 Å². The van der Waals surface area contributed by atoms with Gasteiger partial charge in [0.2, 0.25) is 0 Å². The molecule has 0 aliphatic carbocycles. The van der Waals surface area contributed by atoms with E-state index < -0.39 is 14.3 Å². The number of aromatic nitrogens is 1. The Morgan fingerprint density at radius 1 is 1.14 bits per heavy atom. The van der Waals surface area contributed by atoms with Gasteiger partial charge in [0.1, 0.15) is 0 Å². The molecule has 0 bridgehead atoms. The first kappa shape index (κ1) is 23.0. The average molecular weight is 412 g/mol. The molecule has 0 amide bonds. The van der Waals surface area contributed by atoms with Crippen molar-refractivity contribution >= 4 is 19.9 Å². The van der Waals surface area contributed by atoms with Crippen molar-refractivity contribution in [2.24, 2.45) is 0 Å².